The topological polar surface area (TPSA) is 110 Å². The predicted octanol–water partition coefficient (Wildman–Crippen LogP) is 5.29. The third-order valence-corrected chi connectivity index (χ3v) is 8.16. The second kappa shape index (κ2) is 14.3. The van der Waals surface area contributed by atoms with Crippen molar-refractivity contribution in [2.45, 2.75) is 39.0 Å². The van der Waals surface area contributed by atoms with Crippen LogP contribution in [-0.4, -0.2) is 55.0 Å². The maximum Gasteiger partial charge on any atom is 0.326 e. The standard InChI is InChI=1S/C30H35NO6S2/c1-4-38-20-28(23-11-6-5-7-12-23)37-19-22-14-15-25(26(18-22)24-13-9-8-10-21(24)2)29(32)31-27(30(33)34)16-17-39(3,35)36/h5-15,18,27-28H,4,16-17,19-20H2,1-3H3,(H,31,32)(H,33,34). The largest absolute Gasteiger partial charge is 0.480 e. The fourth-order valence-electron chi connectivity index (χ4n) is 4.13. The van der Waals surface area contributed by atoms with Crippen LogP contribution in [0.25, 0.3) is 11.1 Å². The van der Waals surface area contributed by atoms with E-state index in [1.54, 1.807) is 23.9 Å². The van der Waals surface area contributed by atoms with E-state index in [1.165, 1.54) is 0 Å². The third-order valence-electron chi connectivity index (χ3n) is 6.24. The molecule has 208 valence electrons. The minimum atomic E-state index is -3.39. The Morgan fingerprint density at radius 3 is 2.33 bits per heavy atom. The molecule has 0 saturated heterocycles. The van der Waals surface area contributed by atoms with Gasteiger partial charge in [0.1, 0.15) is 15.9 Å². The maximum atomic E-state index is 13.3. The fourth-order valence-corrected chi connectivity index (χ4v) is 5.53. The number of hydrogen-bond acceptors (Lipinski definition) is 6. The quantitative estimate of drug-likeness (QED) is 0.271. The summed E-state index contributed by atoms with van der Waals surface area (Å²) in [5.74, 6) is -0.413. The number of benzene rings is 3. The van der Waals surface area contributed by atoms with Gasteiger partial charge in [0, 0.05) is 17.6 Å². The number of carboxylic acid groups (broad SMARTS) is 1. The average Bonchev–Trinajstić information content (AvgIpc) is 2.91. The molecule has 0 aliphatic rings. The molecule has 9 heteroatoms. The second-order valence-corrected chi connectivity index (χ2v) is 12.9. The molecular weight excluding hydrogens is 534 g/mol. The molecule has 39 heavy (non-hydrogen) atoms. The van der Waals surface area contributed by atoms with Gasteiger partial charge < -0.3 is 15.2 Å². The molecule has 0 bridgehead atoms. The van der Waals surface area contributed by atoms with E-state index in [1.807, 2.05) is 55.5 Å². The molecule has 1 amide bonds. The molecule has 3 aromatic rings. The van der Waals surface area contributed by atoms with Gasteiger partial charge in [-0.2, -0.15) is 11.8 Å². The van der Waals surface area contributed by atoms with Crippen molar-refractivity contribution < 1.29 is 27.9 Å². The molecular formula is C30H35NO6S2. The molecule has 2 atom stereocenters. The molecule has 0 aliphatic heterocycles. The van der Waals surface area contributed by atoms with Gasteiger partial charge in [-0.3, -0.25) is 4.79 Å². The summed E-state index contributed by atoms with van der Waals surface area (Å²) in [6.45, 7) is 4.39. The van der Waals surface area contributed by atoms with E-state index in [-0.39, 0.29) is 18.3 Å². The van der Waals surface area contributed by atoms with E-state index in [4.69, 9.17) is 4.74 Å². The molecule has 3 aromatic carbocycles. The number of thioether (sulfide) groups is 1. The highest BCUT2D eigenvalue weighted by Crippen LogP contribution is 2.30. The average molecular weight is 570 g/mol. The molecule has 3 rings (SSSR count). The summed E-state index contributed by atoms with van der Waals surface area (Å²) in [5, 5.41) is 12.1. The number of aryl methyl sites for hydroxylation is 1. The van der Waals surface area contributed by atoms with E-state index < -0.39 is 27.8 Å². The highest BCUT2D eigenvalue weighted by atomic mass is 32.2. The number of nitrogens with one attached hydrogen (secondary N) is 1. The summed E-state index contributed by atoms with van der Waals surface area (Å²) in [7, 11) is -3.39. The Bertz CT molecular complexity index is 1380. The van der Waals surface area contributed by atoms with Crippen molar-refractivity contribution in [2.24, 2.45) is 0 Å². The number of rotatable bonds is 14. The van der Waals surface area contributed by atoms with Crippen molar-refractivity contribution in [3.05, 3.63) is 95.1 Å². The summed E-state index contributed by atoms with van der Waals surface area (Å²) < 4.78 is 29.5. The van der Waals surface area contributed by atoms with Crippen molar-refractivity contribution in [2.75, 3.05) is 23.5 Å². The Morgan fingerprint density at radius 1 is 1.00 bits per heavy atom. The second-order valence-electron chi connectivity index (χ2n) is 9.35. The van der Waals surface area contributed by atoms with Gasteiger partial charge in [0.15, 0.2) is 0 Å². The van der Waals surface area contributed by atoms with Gasteiger partial charge in [0.25, 0.3) is 5.91 Å². The molecule has 0 saturated carbocycles. The summed E-state index contributed by atoms with van der Waals surface area (Å²) >= 11 is 1.80. The van der Waals surface area contributed by atoms with Crippen molar-refractivity contribution in [3.63, 3.8) is 0 Å². The van der Waals surface area contributed by atoms with E-state index in [0.29, 0.717) is 17.7 Å². The van der Waals surface area contributed by atoms with E-state index in [0.717, 1.165) is 40.0 Å². The number of aliphatic carboxylic acids is 1. The number of amides is 1. The minimum absolute atomic E-state index is 0.0906. The van der Waals surface area contributed by atoms with Gasteiger partial charge >= 0.3 is 5.97 Å². The van der Waals surface area contributed by atoms with Crippen LogP contribution in [0.15, 0.2) is 72.8 Å². The van der Waals surface area contributed by atoms with Crippen LogP contribution in [0.4, 0.5) is 0 Å². The molecule has 0 fully saturated rings. The molecule has 0 spiro atoms. The smallest absolute Gasteiger partial charge is 0.326 e. The van der Waals surface area contributed by atoms with Crippen molar-refractivity contribution in [1.82, 2.24) is 5.32 Å². The first kappa shape index (κ1) is 30.4. The Balaban J connectivity index is 1.90. The summed E-state index contributed by atoms with van der Waals surface area (Å²) in [6.07, 6.45) is 0.725. The number of carbonyl (C=O) groups excluding carboxylic acids is 1. The summed E-state index contributed by atoms with van der Waals surface area (Å²) in [6, 6.07) is 21.8. The molecule has 0 aliphatic carbocycles. The Labute approximate surface area is 234 Å². The number of hydrogen-bond donors (Lipinski definition) is 2. The maximum absolute atomic E-state index is 13.3. The Kier molecular flexibility index (Phi) is 11.2. The van der Waals surface area contributed by atoms with Gasteiger partial charge in [0.05, 0.1) is 18.5 Å². The molecule has 0 aromatic heterocycles. The van der Waals surface area contributed by atoms with Crippen LogP contribution in [0.3, 0.4) is 0 Å². The number of carbonyl (C=O) groups is 2. The molecule has 7 nitrogen and oxygen atoms in total. The number of sulfone groups is 1. The lowest BCUT2D eigenvalue weighted by Crippen LogP contribution is -2.42. The zero-order valence-electron chi connectivity index (χ0n) is 22.4. The van der Waals surface area contributed by atoms with Gasteiger partial charge in [0.2, 0.25) is 0 Å². The first-order valence-electron chi connectivity index (χ1n) is 12.7. The van der Waals surface area contributed by atoms with Crippen LogP contribution < -0.4 is 5.32 Å². The van der Waals surface area contributed by atoms with Crippen molar-refractivity contribution in [1.29, 1.82) is 0 Å². The summed E-state index contributed by atoms with van der Waals surface area (Å²) in [4.78, 5) is 25.1. The normalized spacial score (nSPS) is 13.0. The molecule has 2 unspecified atom stereocenters. The van der Waals surface area contributed by atoms with Gasteiger partial charge in [-0.1, -0.05) is 67.6 Å². The van der Waals surface area contributed by atoms with Crippen LogP contribution in [0.5, 0.6) is 0 Å². The Hall–Kier alpha value is -3.14. The highest BCUT2D eigenvalue weighted by Gasteiger charge is 2.24. The van der Waals surface area contributed by atoms with Gasteiger partial charge in [-0.25, -0.2) is 13.2 Å². The van der Waals surface area contributed by atoms with Crippen LogP contribution >= 0.6 is 11.8 Å². The molecule has 2 N–H and O–H groups in total. The van der Waals surface area contributed by atoms with E-state index in [9.17, 15) is 23.1 Å². The monoisotopic (exact) mass is 569 g/mol. The molecule has 0 radical (unpaired) electrons. The van der Waals surface area contributed by atoms with Crippen LogP contribution in [0.1, 0.15) is 46.5 Å². The summed E-state index contributed by atoms with van der Waals surface area (Å²) in [5.41, 5.74) is 4.73. The first-order chi connectivity index (χ1) is 18.6. The zero-order chi connectivity index (χ0) is 28.4. The van der Waals surface area contributed by atoms with E-state index in [2.05, 4.69) is 24.4 Å². The zero-order valence-corrected chi connectivity index (χ0v) is 24.1. The predicted molar refractivity (Wildman–Crippen MR) is 157 cm³/mol. The van der Waals surface area contributed by atoms with Gasteiger partial charge in [-0.15, -0.1) is 0 Å². The lowest BCUT2D eigenvalue weighted by molar-refractivity contribution is -0.139. The fraction of sp³-hybridized carbons (Fsp3) is 0.333. The lowest BCUT2D eigenvalue weighted by Gasteiger charge is -2.20. The minimum Gasteiger partial charge on any atom is -0.480 e. The Morgan fingerprint density at radius 2 is 1.69 bits per heavy atom. The van der Waals surface area contributed by atoms with Crippen LogP contribution in [0, 0.1) is 6.92 Å². The first-order valence-corrected chi connectivity index (χ1v) is 15.9. The van der Waals surface area contributed by atoms with E-state index >= 15 is 0 Å². The van der Waals surface area contributed by atoms with Crippen LogP contribution in [-0.2, 0) is 26.0 Å². The van der Waals surface area contributed by atoms with Crippen molar-refractivity contribution in [3.8, 4) is 11.1 Å². The number of ether oxygens (including phenoxy) is 1. The lowest BCUT2D eigenvalue weighted by atomic mass is 9.93. The number of carboxylic acids is 1. The third kappa shape index (κ3) is 9.23. The SMILES string of the molecule is CCSCC(OCc1ccc(C(=O)NC(CCS(C)(=O)=O)C(=O)O)c(-c2ccccc2C)c1)c1ccccc1. The van der Waals surface area contributed by atoms with Crippen LogP contribution in [0.2, 0.25) is 0 Å². The van der Waals surface area contributed by atoms with Crippen molar-refractivity contribution >= 4 is 33.5 Å². The molecule has 0 heterocycles. The highest BCUT2D eigenvalue weighted by molar-refractivity contribution is 7.99. The van der Waals surface area contributed by atoms with Gasteiger partial charge in [-0.05, 0) is 59.0 Å².